The van der Waals surface area contributed by atoms with E-state index in [9.17, 15) is 0 Å². The fraction of sp³-hybridized carbons (Fsp3) is 1.00. The predicted molar refractivity (Wildman–Crippen MR) is 32.4 cm³/mol. The van der Waals surface area contributed by atoms with Crippen molar-refractivity contribution in [1.29, 1.82) is 0 Å². The maximum absolute atomic E-state index is 2.36. The third kappa shape index (κ3) is 1.20. The van der Waals surface area contributed by atoms with Gasteiger partial charge in [0.1, 0.15) is 0 Å². The van der Waals surface area contributed by atoms with E-state index in [0.717, 1.165) is 0 Å². The second-order valence-electron chi connectivity index (χ2n) is 2.00. The van der Waals surface area contributed by atoms with Gasteiger partial charge in [0, 0.05) is 0 Å². The molecule has 1 saturated heterocycles. The van der Waals surface area contributed by atoms with Crippen LogP contribution >= 0.6 is 0 Å². The SMILES string of the molecule is C[B]N1CCCC1. The predicted octanol–water partition coefficient (Wildman–Crippen LogP) is 0.749. The van der Waals surface area contributed by atoms with E-state index in [1.165, 1.54) is 25.9 Å². The van der Waals surface area contributed by atoms with Crippen molar-refractivity contribution < 1.29 is 0 Å². The van der Waals surface area contributed by atoms with Gasteiger partial charge in [-0.2, -0.15) is 0 Å². The van der Waals surface area contributed by atoms with E-state index < -0.39 is 0 Å². The van der Waals surface area contributed by atoms with Crippen LogP contribution in [0.5, 0.6) is 0 Å². The van der Waals surface area contributed by atoms with Crippen LogP contribution in [0.4, 0.5) is 0 Å². The van der Waals surface area contributed by atoms with Crippen LogP contribution in [-0.2, 0) is 0 Å². The van der Waals surface area contributed by atoms with E-state index in [1.54, 1.807) is 0 Å². The zero-order valence-electron chi connectivity index (χ0n) is 4.85. The first kappa shape index (κ1) is 5.17. The highest BCUT2D eigenvalue weighted by Crippen LogP contribution is 2.03. The standard InChI is InChI=1S/C5H11BN/c1-6-7-4-2-3-5-7/h2-5H2,1H3. The van der Waals surface area contributed by atoms with Gasteiger partial charge in [-0.05, 0) is 25.9 Å². The van der Waals surface area contributed by atoms with Crippen molar-refractivity contribution in [3.63, 3.8) is 0 Å². The lowest BCUT2D eigenvalue weighted by molar-refractivity contribution is 0.554. The van der Waals surface area contributed by atoms with Crippen molar-refractivity contribution >= 4 is 7.41 Å². The van der Waals surface area contributed by atoms with Crippen molar-refractivity contribution in [3.05, 3.63) is 0 Å². The summed E-state index contributed by atoms with van der Waals surface area (Å²) < 4.78 is 0. The molecule has 0 atom stereocenters. The second-order valence-corrected chi connectivity index (χ2v) is 2.00. The molecular formula is C5H11BN. The molecule has 0 aliphatic carbocycles. The van der Waals surface area contributed by atoms with Crippen molar-refractivity contribution in [2.75, 3.05) is 13.1 Å². The van der Waals surface area contributed by atoms with Gasteiger partial charge in [0.2, 0.25) is 7.41 Å². The molecule has 0 aromatic heterocycles. The number of hydrogen-bond donors (Lipinski definition) is 0. The zero-order valence-corrected chi connectivity index (χ0v) is 4.85. The minimum Gasteiger partial charge on any atom is -0.347 e. The molecule has 1 nitrogen and oxygen atoms in total. The van der Waals surface area contributed by atoms with Crippen molar-refractivity contribution in [2.24, 2.45) is 0 Å². The molecule has 0 unspecified atom stereocenters. The van der Waals surface area contributed by atoms with Gasteiger partial charge in [0.05, 0.1) is 0 Å². The molecule has 7 heavy (non-hydrogen) atoms. The number of rotatable bonds is 1. The topological polar surface area (TPSA) is 3.24 Å². The maximum Gasteiger partial charge on any atom is 0.205 e. The highest BCUT2D eigenvalue weighted by molar-refractivity contribution is 6.29. The van der Waals surface area contributed by atoms with E-state index in [4.69, 9.17) is 0 Å². The van der Waals surface area contributed by atoms with E-state index in [-0.39, 0.29) is 0 Å². The van der Waals surface area contributed by atoms with Crippen LogP contribution in [0, 0.1) is 0 Å². The fourth-order valence-electron chi connectivity index (χ4n) is 1.000. The average molecular weight is 96.0 g/mol. The molecule has 0 amide bonds. The maximum atomic E-state index is 2.36. The highest BCUT2D eigenvalue weighted by atomic mass is 15.0. The van der Waals surface area contributed by atoms with E-state index in [1.807, 2.05) is 0 Å². The van der Waals surface area contributed by atoms with Gasteiger partial charge in [-0.1, -0.05) is 6.82 Å². The third-order valence-corrected chi connectivity index (χ3v) is 1.51. The fourth-order valence-corrected chi connectivity index (χ4v) is 1.000. The summed E-state index contributed by atoms with van der Waals surface area (Å²) in [5.41, 5.74) is 0. The molecule has 1 radical (unpaired) electrons. The Kier molecular flexibility index (Phi) is 1.74. The number of hydrogen-bond acceptors (Lipinski definition) is 1. The minimum absolute atomic E-state index is 1.29. The molecule has 1 aliphatic rings. The smallest absolute Gasteiger partial charge is 0.205 e. The van der Waals surface area contributed by atoms with Gasteiger partial charge in [0.25, 0.3) is 0 Å². The van der Waals surface area contributed by atoms with Gasteiger partial charge in [-0.3, -0.25) is 0 Å². The average Bonchev–Trinajstić information content (AvgIpc) is 2.14. The molecule has 39 valence electrons. The summed E-state index contributed by atoms with van der Waals surface area (Å²) in [6, 6.07) is 0. The first-order chi connectivity index (χ1) is 3.43. The molecule has 0 aromatic rings. The van der Waals surface area contributed by atoms with Crippen LogP contribution in [-0.4, -0.2) is 25.3 Å². The Hall–Kier alpha value is 0.0249. The summed E-state index contributed by atoms with van der Waals surface area (Å²) in [6.07, 6.45) is 2.79. The minimum atomic E-state index is 1.29. The number of nitrogens with zero attached hydrogens (tertiary/aromatic N) is 1. The van der Waals surface area contributed by atoms with Crippen molar-refractivity contribution in [1.82, 2.24) is 4.81 Å². The Labute approximate surface area is 46.0 Å². The normalized spacial score (nSPS) is 23.0. The zero-order chi connectivity index (χ0) is 5.11. The Morgan fingerprint density at radius 1 is 1.29 bits per heavy atom. The molecule has 0 aromatic carbocycles. The molecule has 1 rings (SSSR count). The molecule has 0 bridgehead atoms. The summed E-state index contributed by atoms with van der Waals surface area (Å²) >= 11 is 0. The lowest BCUT2D eigenvalue weighted by Crippen LogP contribution is -2.20. The summed E-state index contributed by atoms with van der Waals surface area (Å²) in [6.45, 7) is 4.68. The monoisotopic (exact) mass is 96.1 g/mol. The Morgan fingerprint density at radius 2 is 1.86 bits per heavy atom. The molecule has 1 fully saturated rings. The molecule has 0 spiro atoms. The van der Waals surface area contributed by atoms with E-state index in [2.05, 4.69) is 19.0 Å². The molecular weight excluding hydrogens is 84.9 g/mol. The van der Waals surface area contributed by atoms with E-state index in [0.29, 0.717) is 0 Å². The van der Waals surface area contributed by atoms with Crippen LogP contribution in [0.25, 0.3) is 0 Å². The van der Waals surface area contributed by atoms with E-state index >= 15 is 0 Å². The summed E-state index contributed by atoms with van der Waals surface area (Å²) in [5, 5.41) is 0. The third-order valence-electron chi connectivity index (χ3n) is 1.51. The Bertz CT molecular complexity index is 50.0. The first-order valence-electron chi connectivity index (χ1n) is 2.97. The summed E-state index contributed by atoms with van der Waals surface area (Å²) in [5.74, 6) is 0. The van der Waals surface area contributed by atoms with Crippen LogP contribution in [0.3, 0.4) is 0 Å². The largest absolute Gasteiger partial charge is 0.347 e. The van der Waals surface area contributed by atoms with Crippen molar-refractivity contribution in [3.8, 4) is 0 Å². The summed E-state index contributed by atoms with van der Waals surface area (Å²) in [4.78, 5) is 2.36. The Balaban J connectivity index is 2.14. The van der Waals surface area contributed by atoms with Gasteiger partial charge in [-0.25, -0.2) is 0 Å². The van der Waals surface area contributed by atoms with Gasteiger partial charge in [-0.15, -0.1) is 0 Å². The lowest BCUT2D eigenvalue weighted by atomic mass is 9.97. The molecule has 2 heteroatoms. The van der Waals surface area contributed by atoms with Crippen molar-refractivity contribution in [2.45, 2.75) is 19.7 Å². The van der Waals surface area contributed by atoms with Crippen LogP contribution in [0.15, 0.2) is 0 Å². The van der Waals surface area contributed by atoms with Gasteiger partial charge >= 0.3 is 0 Å². The Morgan fingerprint density at radius 3 is 2.14 bits per heavy atom. The van der Waals surface area contributed by atoms with Gasteiger partial charge < -0.3 is 4.81 Å². The van der Waals surface area contributed by atoms with Gasteiger partial charge in [0.15, 0.2) is 0 Å². The highest BCUT2D eigenvalue weighted by Gasteiger charge is 2.07. The van der Waals surface area contributed by atoms with Crippen LogP contribution in [0.1, 0.15) is 12.8 Å². The quantitative estimate of drug-likeness (QED) is 0.435. The molecule has 0 saturated carbocycles. The second kappa shape index (κ2) is 2.36. The molecule has 1 aliphatic heterocycles. The molecule has 1 heterocycles. The van der Waals surface area contributed by atoms with Crippen LogP contribution in [0.2, 0.25) is 6.82 Å². The first-order valence-corrected chi connectivity index (χ1v) is 2.97. The lowest BCUT2D eigenvalue weighted by Gasteiger charge is -2.07. The van der Waals surface area contributed by atoms with Crippen LogP contribution < -0.4 is 0 Å². The molecule has 0 N–H and O–H groups in total. The summed E-state index contributed by atoms with van der Waals surface area (Å²) in [7, 11) is 2.17.